The van der Waals surface area contributed by atoms with E-state index in [-0.39, 0.29) is 11.2 Å². The molecule has 3 bridgehead atoms. The first-order valence-corrected chi connectivity index (χ1v) is 9.89. The molecule has 3 saturated carbocycles. The second kappa shape index (κ2) is 5.62. The van der Waals surface area contributed by atoms with Gasteiger partial charge in [-0.2, -0.15) is 0 Å². The molecule has 5 rings (SSSR count). The van der Waals surface area contributed by atoms with Gasteiger partial charge in [0.2, 0.25) is 5.78 Å². The molecule has 4 atom stereocenters. The van der Waals surface area contributed by atoms with Gasteiger partial charge >= 0.3 is 0 Å². The number of ether oxygens (including phenoxy) is 1. The van der Waals surface area contributed by atoms with Crippen molar-refractivity contribution in [1.29, 1.82) is 0 Å². The summed E-state index contributed by atoms with van der Waals surface area (Å²) in [7, 11) is 0. The number of rotatable bonds is 4. The number of Topliss-reactive ketones (excluding diaryl/α,β-unsaturated/α-hetero) is 1. The summed E-state index contributed by atoms with van der Waals surface area (Å²) >= 11 is 0. The van der Waals surface area contributed by atoms with Crippen LogP contribution in [-0.2, 0) is 0 Å². The Morgan fingerprint density at radius 3 is 3.04 bits per heavy atom. The van der Waals surface area contributed by atoms with Gasteiger partial charge in [0.05, 0.1) is 6.61 Å². The second-order valence-electron chi connectivity index (χ2n) is 8.49. The molecule has 3 fully saturated rings. The highest BCUT2D eigenvalue weighted by Gasteiger charge is 2.53. The maximum absolute atomic E-state index is 13.6. The molecule has 1 heterocycles. The van der Waals surface area contributed by atoms with Crippen molar-refractivity contribution in [3.05, 3.63) is 30.0 Å². The Hall–Kier alpha value is -1.77. The average molecular weight is 338 g/mol. The van der Waals surface area contributed by atoms with Crippen molar-refractivity contribution in [3.63, 3.8) is 0 Å². The van der Waals surface area contributed by atoms with E-state index < -0.39 is 0 Å². The fraction of sp³-hybridized carbons (Fsp3) is 0.591. The normalized spacial score (nSPS) is 33.6. The van der Waals surface area contributed by atoms with E-state index in [1.807, 2.05) is 31.2 Å². The Kier molecular flexibility index (Phi) is 3.48. The Morgan fingerprint density at radius 2 is 2.16 bits per heavy atom. The summed E-state index contributed by atoms with van der Waals surface area (Å²) in [6.07, 6.45) is 8.44. The number of carbonyl (C=O) groups excluding carboxylic acids is 1. The fourth-order valence-corrected chi connectivity index (χ4v) is 6.13. The molecule has 25 heavy (non-hydrogen) atoms. The number of carbonyl (C=O) groups is 1. The van der Waals surface area contributed by atoms with Crippen LogP contribution in [0.5, 0.6) is 5.75 Å². The van der Waals surface area contributed by atoms with E-state index in [0.29, 0.717) is 12.4 Å². The third kappa shape index (κ3) is 2.35. The lowest BCUT2D eigenvalue weighted by atomic mass is 9.64. The molecule has 3 aliphatic carbocycles. The van der Waals surface area contributed by atoms with Gasteiger partial charge in [0.25, 0.3) is 0 Å². The fourth-order valence-electron chi connectivity index (χ4n) is 6.13. The molecule has 0 radical (unpaired) electrons. The van der Waals surface area contributed by atoms with E-state index in [1.165, 1.54) is 25.7 Å². The SMILES string of the molecule is CCOc1cccc2cc(C(=O)C34CCCC5CC(CC5C3)C4)oc12. The van der Waals surface area contributed by atoms with Crippen LogP contribution in [0.3, 0.4) is 0 Å². The van der Waals surface area contributed by atoms with Crippen molar-refractivity contribution in [3.8, 4) is 5.75 Å². The third-order valence-electron chi connectivity index (χ3n) is 7.01. The highest BCUT2D eigenvalue weighted by atomic mass is 16.5. The highest BCUT2D eigenvalue weighted by Crippen LogP contribution is 2.59. The Balaban J connectivity index is 1.53. The molecule has 2 aromatic rings. The number of fused-ring (bicyclic) bond motifs is 3. The van der Waals surface area contributed by atoms with Gasteiger partial charge in [-0.05, 0) is 68.9 Å². The molecular weight excluding hydrogens is 312 g/mol. The van der Waals surface area contributed by atoms with Crippen LogP contribution in [0.2, 0.25) is 0 Å². The lowest BCUT2D eigenvalue weighted by Crippen LogP contribution is -2.36. The van der Waals surface area contributed by atoms with E-state index in [1.54, 1.807) is 0 Å². The van der Waals surface area contributed by atoms with Crippen molar-refractivity contribution in [2.75, 3.05) is 6.61 Å². The first-order valence-electron chi connectivity index (χ1n) is 9.89. The van der Waals surface area contributed by atoms with Gasteiger partial charge in [-0.1, -0.05) is 25.0 Å². The summed E-state index contributed by atoms with van der Waals surface area (Å²) in [6.45, 7) is 2.56. The second-order valence-corrected chi connectivity index (χ2v) is 8.49. The molecule has 1 aromatic carbocycles. The molecule has 4 unspecified atom stereocenters. The molecule has 1 aromatic heterocycles. The van der Waals surface area contributed by atoms with Crippen LogP contribution in [0.1, 0.15) is 62.4 Å². The summed E-state index contributed by atoms with van der Waals surface area (Å²) in [5.74, 6) is 3.94. The van der Waals surface area contributed by atoms with Crippen LogP contribution in [0.25, 0.3) is 11.0 Å². The quantitative estimate of drug-likeness (QED) is 0.679. The molecule has 132 valence electrons. The summed E-state index contributed by atoms with van der Waals surface area (Å²) in [4.78, 5) is 13.6. The van der Waals surface area contributed by atoms with Gasteiger partial charge in [0.1, 0.15) is 0 Å². The minimum Gasteiger partial charge on any atom is -0.490 e. The summed E-state index contributed by atoms with van der Waals surface area (Å²) in [5.41, 5.74) is 0.549. The van der Waals surface area contributed by atoms with Gasteiger partial charge in [-0.3, -0.25) is 4.79 Å². The Morgan fingerprint density at radius 1 is 1.28 bits per heavy atom. The molecule has 3 nitrogen and oxygen atoms in total. The number of hydrogen-bond donors (Lipinski definition) is 0. The zero-order valence-corrected chi connectivity index (χ0v) is 14.9. The van der Waals surface area contributed by atoms with Gasteiger partial charge < -0.3 is 9.15 Å². The van der Waals surface area contributed by atoms with Gasteiger partial charge in [-0.15, -0.1) is 0 Å². The standard InChI is InChI=1S/C22H26O3/c1-2-24-18-7-3-5-16-11-19(25-20(16)18)21(23)22-8-4-6-15-9-14(12-22)10-17(15)13-22/h3,5,7,11,14-15,17H,2,4,6,8-10,12-13H2,1H3. The lowest BCUT2D eigenvalue weighted by Gasteiger charge is -2.38. The molecule has 0 saturated heterocycles. The number of benzene rings is 1. The molecule has 3 aliphatic rings. The monoisotopic (exact) mass is 338 g/mol. The van der Waals surface area contributed by atoms with Crippen molar-refractivity contribution in [1.82, 2.24) is 0 Å². The Bertz CT molecular complexity index is 820. The van der Waals surface area contributed by atoms with Gasteiger partial charge in [0, 0.05) is 10.8 Å². The van der Waals surface area contributed by atoms with Crippen LogP contribution in [0.4, 0.5) is 0 Å². The zero-order chi connectivity index (χ0) is 17.0. The maximum Gasteiger partial charge on any atom is 0.204 e. The van der Waals surface area contributed by atoms with Crippen molar-refractivity contribution in [2.45, 2.75) is 51.9 Å². The molecule has 0 amide bonds. The van der Waals surface area contributed by atoms with Crippen molar-refractivity contribution in [2.24, 2.45) is 23.2 Å². The molecule has 0 aliphatic heterocycles. The van der Waals surface area contributed by atoms with Gasteiger partial charge in [0.15, 0.2) is 17.1 Å². The summed E-state index contributed by atoms with van der Waals surface area (Å²) in [5, 5.41) is 0.968. The summed E-state index contributed by atoms with van der Waals surface area (Å²) < 4.78 is 11.7. The number of hydrogen-bond acceptors (Lipinski definition) is 3. The first kappa shape index (κ1) is 15.5. The third-order valence-corrected chi connectivity index (χ3v) is 7.01. The maximum atomic E-state index is 13.6. The number of furan rings is 1. The zero-order valence-electron chi connectivity index (χ0n) is 14.9. The minimum atomic E-state index is -0.168. The topological polar surface area (TPSA) is 39.4 Å². The number of para-hydroxylation sites is 1. The van der Waals surface area contributed by atoms with Crippen LogP contribution in [-0.4, -0.2) is 12.4 Å². The Labute approximate surface area is 148 Å². The van der Waals surface area contributed by atoms with E-state index in [2.05, 4.69) is 0 Å². The van der Waals surface area contributed by atoms with Crippen LogP contribution >= 0.6 is 0 Å². The predicted octanol–water partition coefficient (Wildman–Crippen LogP) is 5.62. The van der Waals surface area contributed by atoms with E-state index in [4.69, 9.17) is 9.15 Å². The summed E-state index contributed by atoms with van der Waals surface area (Å²) in [6, 6.07) is 7.82. The molecular formula is C22H26O3. The minimum absolute atomic E-state index is 0.168. The smallest absolute Gasteiger partial charge is 0.204 e. The predicted molar refractivity (Wildman–Crippen MR) is 96.9 cm³/mol. The van der Waals surface area contributed by atoms with E-state index in [0.717, 1.165) is 53.7 Å². The van der Waals surface area contributed by atoms with Crippen LogP contribution in [0.15, 0.2) is 28.7 Å². The molecule has 0 N–H and O–H groups in total. The van der Waals surface area contributed by atoms with E-state index >= 15 is 0 Å². The molecule has 3 heteroatoms. The average Bonchev–Trinajstić information content (AvgIpc) is 3.12. The largest absolute Gasteiger partial charge is 0.490 e. The lowest BCUT2D eigenvalue weighted by molar-refractivity contribution is 0.0582. The highest BCUT2D eigenvalue weighted by molar-refractivity contribution is 6.02. The number of ketones is 1. The molecule has 0 spiro atoms. The van der Waals surface area contributed by atoms with E-state index in [9.17, 15) is 4.79 Å². The van der Waals surface area contributed by atoms with Crippen molar-refractivity contribution >= 4 is 16.8 Å². The van der Waals surface area contributed by atoms with Crippen LogP contribution < -0.4 is 4.74 Å². The van der Waals surface area contributed by atoms with Crippen LogP contribution in [0, 0.1) is 23.2 Å². The van der Waals surface area contributed by atoms with Crippen molar-refractivity contribution < 1.29 is 13.9 Å². The first-order chi connectivity index (χ1) is 12.2. The van der Waals surface area contributed by atoms with Gasteiger partial charge in [-0.25, -0.2) is 0 Å².